The third kappa shape index (κ3) is 4.17. The third-order valence-corrected chi connectivity index (χ3v) is 5.58. The average molecular weight is 417 g/mol. The number of hydrogen-bond acceptors (Lipinski definition) is 7. The molecule has 3 atom stereocenters. The minimum Gasteiger partial charge on any atom is -0.451 e. The molecule has 0 radical (unpaired) electrons. The van der Waals surface area contributed by atoms with Crippen molar-refractivity contribution < 1.29 is 28.8 Å². The number of nitrogens with one attached hydrogen (secondary N) is 1. The van der Waals surface area contributed by atoms with Crippen LogP contribution in [0.3, 0.4) is 0 Å². The summed E-state index contributed by atoms with van der Waals surface area (Å²) in [5, 5.41) is 14.0. The number of nitro groups is 1. The van der Waals surface area contributed by atoms with Gasteiger partial charge in [-0.05, 0) is 31.7 Å². The van der Waals surface area contributed by atoms with Gasteiger partial charge in [0.25, 0.3) is 23.4 Å². The highest BCUT2D eigenvalue weighted by atomic mass is 16.6. The summed E-state index contributed by atoms with van der Waals surface area (Å²) in [7, 11) is 0. The second kappa shape index (κ2) is 8.60. The number of ether oxygens (including phenoxy) is 1. The van der Waals surface area contributed by atoms with E-state index >= 15 is 0 Å². The Kier molecular flexibility index (Phi) is 6.14. The van der Waals surface area contributed by atoms with Crippen molar-refractivity contribution in [2.45, 2.75) is 51.7 Å². The van der Waals surface area contributed by atoms with E-state index in [2.05, 4.69) is 12.2 Å². The van der Waals surface area contributed by atoms with E-state index < -0.39 is 47.0 Å². The molecular weight excluding hydrogens is 394 g/mol. The van der Waals surface area contributed by atoms with Gasteiger partial charge in [0, 0.05) is 12.1 Å². The number of esters is 1. The van der Waals surface area contributed by atoms with Crippen molar-refractivity contribution in [3.05, 3.63) is 39.4 Å². The van der Waals surface area contributed by atoms with Gasteiger partial charge in [-0.3, -0.25) is 34.2 Å². The van der Waals surface area contributed by atoms with Crippen molar-refractivity contribution >= 4 is 29.4 Å². The highest BCUT2D eigenvalue weighted by Crippen LogP contribution is 2.30. The van der Waals surface area contributed by atoms with E-state index in [1.807, 2.05) is 0 Å². The summed E-state index contributed by atoms with van der Waals surface area (Å²) in [5.74, 6) is -2.82. The number of fused-ring (bicyclic) bond motifs is 1. The first-order chi connectivity index (χ1) is 14.2. The predicted molar refractivity (Wildman–Crippen MR) is 104 cm³/mol. The second-order valence-electron chi connectivity index (χ2n) is 7.66. The summed E-state index contributed by atoms with van der Waals surface area (Å²) in [6, 6.07) is 3.71. The quantitative estimate of drug-likeness (QED) is 0.323. The van der Waals surface area contributed by atoms with E-state index in [-0.39, 0.29) is 17.2 Å². The summed E-state index contributed by atoms with van der Waals surface area (Å²) in [6.45, 7) is 2.73. The lowest BCUT2D eigenvalue weighted by Gasteiger charge is -2.30. The molecule has 10 nitrogen and oxygen atoms in total. The molecule has 10 heteroatoms. The number of benzene rings is 1. The lowest BCUT2D eigenvalue weighted by Crippen LogP contribution is -2.46. The Hall–Kier alpha value is -3.30. The van der Waals surface area contributed by atoms with Gasteiger partial charge in [-0.25, -0.2) is 0 Å². The lowest BCUT2D eigenvalue weighted by molar-refractivity contribution is -0.385. The number of hydrogen-bond donors (Lipinski definition) is 1. The molecule has 160 valence electrons. The van der Waals surface area contributed by atoms with Gasteiger partial charge >= 0.3 is 5.97 Å². The van der Waals surface area contributed by atoms with E-state index in [1.165, 1.54) is 19.1 Å². The summed E-state index contributed by atoms with van der Waals surface area (Å²) in [4.78, 5) is 60.5. The molecular formula is C20H23N3O7. The summed E-state index contributed by atoms with van der Waals surface area (Å²) >= 11 is 0. The van der Waals surface area contributed by atoms with Crippen molar-refractivity contribution in [2.24, 2.45) is 5.92 Å². The van der Waals surface area contributed by atoms with Gasteiger partial charge < -0.3 is 10.1 Å². The van der Waals surface area contributed by atoms with Crippen LogP contribution in [0.4, 0.5) is 5.69 Å². The normalized spacial score (nSPS) is 21.7. The lowest BCUT2D eigenvalue weighted by atomic mass is 9.86. The van der Waals surface area contributed by atoms with Gasteiger partial charge in [-0.1, -0.05) is 25.8 Å². The molecule has 3 unspecified atom stereocenters. The molecule has 30 heavy (non-hydrogen) atoms. The predicted octanol–water partition coefficient (Wildman–Crippen LogP) is 1.82. The van der Waals surface area contributed by atoms with Gasteiger partial charge in [0.15, 0.2) is 6.10 Å². The fourth-order valence-corrected chi connectivity index (χ4v) is 3.86. The van der Waals surface area contributed by atoms with Crippen molar-refractivity contribution in [2.75, 3.05) is 6.54 Å². The fourth-order valence-electron chi connectivity index (χ4n) is 3.86. The molecule has 3 rings (SSSR count). The van der Waals surface area contributed by atoms with Crippen molar-refractivity contribution in [1.82, 2.24) is 10.2 Å². The summed E-state index contributed by atoms with van der Waals surface area (Å²) in [5.41, 5.74) is -0.993. The molecule has 2 aliphatic rings. The topological polar surface area (TPSA) is 136 Å². The fraction of sp³-hybridized carbons (Fsp3) is 0.500. The molecule has 3 amide bonds. The Morgan fingerprint density at radius 3 is 2.63 bits per heavy atom. The number of rotatable bonds is 6. The molecule has 0 spiro atoms. The smallest absolute Gasteiger partial charge is 0.326 e. The molecule has 1 aromatic carbocycles. The molecule has 1 heterocycles. The van der Waals surface area contributed by atoms with Crippen LogP contribution in [0.1, 0.15) is 60.2 Å². The third-order valence-electron chi connectivity index (χ3n) is 5.58. The zero-order valence-electron chi connectivity index (χ0n) is 16.8. The molecule has 0 aromatic heterocycles. The molecule has 1 aromatic rings. The monoisotopic (exact) mass is 417 g/mol. The first-order valence-electron chi connectivity index (χ1n) is 9.84. The maximum atomic E-state index is 12.5. The Morgan fingerprint density at radius 2 is 1.97 bits per heavy atom. The van der Waals surface area contributed by atoms with E-state index in [4.69, 9.17) is 4.74 Å². The number of nitrogens with zero attached hydrogens (tertiary/aromatic N) is 2. The zero-order chi connectivity index (χ0) is 22.0. The van der Waals surface area contributed by atoms with E-state index in [9.17, 15) is 29.3 Å². The zero-order valence-corrected chi connectivity index (χ0v) is 16.8. The SMILES string of the molecule is CC(OC(=O)CN1C(=O)c2cccc([N+](=O)[O-])c2C1=O)C(=O)NC1CCCCC1C. The van der Waals surface area contributed by atoms with Crippen molar-refractivity contribution in [3.8, 4) is 0 Å². The summed E-state index contributed by atoms with van der Waals surface area (Å²) in [6.07, 6.45) is 2.93. The Labute approximate surface area is 172 Å². The van der Waals surface area contributed by atoms with Crippen LogP contribution in [0.15, 0.2) is 18.2 Å². The van der Waals surface area contributed by atoms with Crippen LogP contribution in [0.2, 0.25) is 0 Å². The van der Waals surface area contributed by atoms with Crippen molar-refractivity contribution in [3.63, 3.8) is 0 Å². The van der Waals surface area contributed by atoms with E-state index in [0.29, 0.717) is 10.8 Å². The van der Waals surface area contributed by atoms with Gasteiger partial charge in [0.05, 0.1) is 10.5 Å². The molecule has 1 aliphatic carbocycles. The molecule has 0 saturated heterocycles. The van der Waals surface area contributed by atoms with Gasteiger partial charge in [0.1, 0.15) is 12.1 Å². The Bertz CT molecular complexity index is 914. The minimum absolute atomic E-state index is 0.0178. The van der Waals surface area contributed by atoms with Crippen LogP contribution in [-0.4, -0.2) is 52.2 Å². The molecule has 0 bridgehead atoms. The molecule has 1 fully saturated rings. The van der Waals surface area contributed by atoms with Gasteiger partial charge in [-0.2, -0.15) is 0 Å². The number of imide groups is 1. The van der Waals surface area contributed by atoms with Crippen LogP contribution >= 0.6 is 0 Å². The largest absolute Gasteiger partial charge is 0.451 e. The highest BCUT2D eigenvalue weighted by molar-refractivity contribution is 6.24. The standard InChI is InChI=1S/C20H23N3O7/c1-11-6-3-4-8-14(11)21-18(25)12(2)30-16(24)10-22-19(26)13-7-5-9-15(23(28)29)17(13)20(22)27/h5,7,9,11-12,14H,3-4,6,8,10H2,1-2H3,(H,21,25). The number of amides is 3. The second-order valence-corrected chi connectivity index (χ2v) is 7.66. The number of carbonyl (C=O) groups excluding carboxylic acids is 4. The Morgan fingerprint density at radius 1 is 1.27 bits per heavy atom. The Balaban J connectivity index is 1.61. The van der Waals surface area contributed by atoms with Crippen LogP contribution < -0.4 is 5.32 Å². The van der Waals surface area contributed by atoms with Gasteiger partial charge in [0.2, 0.25) is 0 Å². The van der Waals surface area contributed by atoms with E-state index in [1.54, 1.807) is 0 Å². The maximum Gasteiger partial charge on any atom is 0.326 e. The summed E-state index contributed by atoms with van der Waals surface area (Å²) < 4.78 is 5.09. The van der Waals surface area contributed by atoms with Crippen LogP contribution in [0, 0.1) is 16.0 Å². The first kappa shape index (κ1) is 21.4. The average Bonchev–Trinajstić information content (AvgIpc) is 2.94. The molecule has 1 aliphatic heterocycles. The van der Waals surface area contributed by atoms with Gasteiger partial charge in [-0.15, -0.1) is 0 Å². The molecule has 1 saturated carbocycles. The highest BCUT2D eigenvalue weighted by Gasteiger charge is 2.42. The van der Waals surface area contributed by atoms with Crippen molar-refractivity contribution in [1.29, 1.82) is 0 Å². The minimum atomic E-state index is -1.10. The van der Waals surface area contributed by atoms with E-state index in [0.717, 1.165) is 31.7 Å². The number of nitro benzene ring substituents is 1. The number of carbonyl (C=O) groups is 4. The van der Waals surface area contributed by atoms with Crippen LogP contribution in [0.25, 0.3) is 0 Å². The maximum absolute atomic E-state index is 12.5. The van der Waals surface area contributed by atoms with Crippen LogP contribution in [0.5, 0.6) is 0 Å². The van der Waals surface area contributed by atoms with Crippen LogP contribution in [-0.2, 0) is 14.3 Å². The molecule has 1 N–H and O–H groups in total. The first-order valence-corrected chi connectivity index (χ1v) is 9.84.